The molecule has 0 saturated heterocycles. The molecule has 0 atom stereocenters. The lowest BCUT2D eigenvalue weighted by Gasteiger charge is -2.02. The van der Waals surface area contributed by atoms with E-state index in [1.54, 1.807) is 0 Å². The first kappa shape index (κ1) is 18.7. The Kier molecular flexibility index (Phi) is 10.7. The van der Waals surface area contributed by atoms with Crippen LogP contribution in [0.15, 0.2) is 34.9 Å². The SMILES string of the molecule is CC(C)=CCCC(C)=CCCC(C)=CCOCC(N)=O. The smallest absolute Gasteiger partial charge is 0.243 e. The maximum absolute atomic E-state index is 10.5. The van der Waals surface area contributed by atoms with Gasteiger partial charge in [-0.1, -0.05) is 34.9 Å². The van der Waals surface area contributed by atoms with E-state index >= 15 is 0 Å². The van der Waals surface area contributed by atoms with Gasteiger partial charge in [0.1, 0.15) is 6.61 Å². The molecule has 0 aliphatic carbocycles. The fraction of sp³-hybridized carbons (Fsp3) is 0.588. The molecule has 20 heavy (non-hydrogen) atoms. The number of primary amides is 1. The van der Waals surface area contributed by atoms with Gasteiger partial charge in [-0.05, 0) is 53.4 Å². The molecule has 0 radical (unpaired) electrons. The van der Waals surface area contributed by atoms with Crippen LogP contribution in [0, 0.1) is 0 Å². The van der Waals surface area contributed by atoms with E-state index in [4.69, 9.17) is 10.5 Å². The van der Waals surface area contributed by atoms with Gasteiger partial charge in [0, 0.05) is 0 Å². The van der Waals surface area contributed by atoms with Gasteiger partial charge < -0.3 is 10.5 Å². The van der Waals surface area contributed by atoms with Crippen LogP contribution >= 0.6 is 0 Å². The fourth-order valence-corrected chi connectivity index (χ4v) is 1.70. The van der Waals surface area contributed by atoms with Crippen LogP contribution in [0.1, 0.15) is 53.4 Å². The number of ether oxygens (including phenoxy) is 1. The highest BCUT2D eigenvalue weighted by molar-refractivity contribution is 5.74. The van der Waals surface area contributed by atoms with Crippen molar-refractivity contribution in [2.75, 3.05) is 13.2 Å². The highest BCUT2D eigenvalue weighted by Crippen LogP contribution is 2.11. The largest absolute Gasteiger partial charge is 0.368 e. The van der Waals surface area contributed by atoms with E-state index in [-0.39, 0.29) is 6.61 Å². The summed E-state index contributed by atoms with van der Waals surface area (Å²) in [4.78, 5) is 10.5. The standard InChI is InChI=1S/C17H29NO2/c1-14(2)7-5-8-15(3)9-6-10-16(4)11-12-20-13-17(18)19/h7,9,11H,5-6,8,10,12-13H2,1-4H3,(H2,18,19). The van der Waals surface area contributed by atoms with Crippen LogP contribution in [-0.2, 0) is 9.53 Å². The van der Waals surface area contributed by atoms with Gasteiger partial charge in [-0.2, -0.15) is 0 Å². The number of rotatable bonds is 10. The summed E-state index contributed by atoms with van der Waals surface area (Å²) in [5.41, 5.74) is 9.09. The predicted molar refractivity (Wildman–Crippen MR) is 85.4 cm³/mol. The molecule has 0 rings (SSSR count). The highest BCUT2D eigenvalue weighted by Gasteiger charge is 1.94. The van der Waals surface area contributed by atoms with Crippen LogP contribution in [0.4, 0.5) is 0 Å². The molecule has 114 valence electrons. The molecule has 0 aromatic heterocycles. The van der Waals surface area contributed by atoms with Gasteiger partial charge in [-0.3, -0.25) is 4.79 Å². The minimum Gasteiger partial charge on any atom is -0.368 e. The molecule has 3 heteroatoms. The number of amides is 1. The van der Waals surface area contributed by atoms with Crippen molar-refractivity contribution in [3.8, 4) is 0 Å². The first-order valence-corrected chi connectivity index (χ1v) is 7.22. The third kappa shape index (κ3) is 13.1. The van der Waals surface area contributed by atoms with E-state index in [1.807, 2.05) is 6.08 Å². The molecule has 0 aromatic rings. The molecule has 0 bridgehead atoms. The summed E-state index contributed by atoms with van der Waals surface area (Å²) in [7, 11) is 0. The van der Waals surface area contributed by atoms with Gasteiger partial charge >= 0.3 is 0 Å². The Morgan fingerprint density at radius 1 is 0.950 bits per heavy atom. The maximum atomic E-state index is 10.5. The van der Waals surface area contributed by atoms with Crippen molar-refractivity contribution in [1.29, 1.82) is 0 Å². The summed E-state index contributed by atoms with van der Waals surface area (Å²) in [6.07, 6.45) is 10.9. The minimum atomic E-state index is -0.425. The minimum absolute atomic E-state index is 0.00679. The first-order valence-electron chi connectivity index (χ1n) is 7.22. The van der Waals surface area contributed by atoms with Crippen LogP contribution < -0.4 is 5.73 Å². The topological polar surface area (TPSA) is 52.3 Å². The summed E-state index contributed by atoms with van der Waals surface area (Å²) >= 11 is 0. The van der Waals surface area contributed by atoms with E-state index < -0.39 is 5.91 Å². The van der Waals surface area contributed by atoms with Gasteiger partial charge in [-0.15, -0.1) is 0 Å². The van der Waals surface area contributed by atoms with E-state index in [9.17, 15) is 4.79 Å². The van der Waals surface area contributed by atoms with Crippen molar-refractivity contribution in [2.45, 2.75) is 53.4 Å². The Morgan fingerprint density at radius 3 is 2.05 bits per heavy atom. The van der Waals surface area contributed by atoms with Crippen molar-refractivity contribution in [3.05, 3.63) is 34.9 Å². The molecule has 0 saturated carbocycles. The summed E-state index contributed by atoms with van der Waals surface area (Å²) in [5, 5.41) is 0. The van der Waals surface area contributed by atoms with Gasteiger partial charge in [0.05, 0.1) is 6.61 Å². The molecule has 1 amide bonds. The van der Waals surface area contributed by atoms with E-state index in [0.29, 0.717) is 6.61 Å². The van der Waals surface area contributed by atoms with Crippen molar-refractivity contribution in [2.24, 2.45) is 5.73 Å². The Labute approximate surface area is 123 Å². The molecule has 0 aromatic carbocycles. The van der Waals surface area contributed by atoms with Gasteiger partial charge in [0.2, 0.25) is 5.91 Å². The molecule has 0 spiro atoms. The number of allylic oxidation sites excluding steroid dienone is 5. The molecule has 0 heterocycles. The zero-order valence-electron chi connectivity index (χ0n) is 13.4. The Hall–Kier alpha value is -1.35. The van der Waals surface area contributed by atoms with Gasteiger partial charge in [0.25, 0.3) is 0 Å². The first-order chi connectivity index (χ1) is 9.41. The third-order valence-electron chi connectivity index (χ3n) is 2.92. The van der Waals surface area contributed by atoms with Crippen LogP contribution in [-0.4, -0.2) is 19.1 Å². The number of nitrogens with two attached hydrogens (primary N) is 1. The highest BCUT2D eigenvalue weighted by atomic mass is 16.5. The molecular weight excluding hydrogens is 250 g/mol. The summed E-state index contributed by atoms with van der Waals surface area (Å²) in [6.45, 7) is 8.99. The van der Waals surface area contributed by atoms with E-state index in [1.165, 1.54) is 16.7 Å². The second kappa shape index (κ2) is 11.5. The Balaban J connectivity index is 3.82. The maximum Gasteiger partial charge on any atom is 0.243 e. The Bertz CT molecular complexity index is 374. The number of hydrogen-bond acceptors (Lipinski definition) is 2. The average molecular weight is 279 g/mol. The zero-order valence-corrected chi connectivity index (χ0v) is 13.4. The lowest BCUT2D eigenvalue weighted by molar-refractivity contribution is -0.122. The zero-order chi connectivity index (χ0) is 15.4. The number of carbonyl (C=O) groups excluding carboxylic acids is 1. The van der Waals surface area contributed by atoms with Gasteiger partial charge in [0.15, 0.2) is 0 Å². The monoisotopic (exact) mass is 279 g/mol. The molecule has 0 aliphatic rings. The average Bonchev–Trinajstić information content (AvgIpc) is 2.34. The normalized spacial score (nSPS) is 12.4. The lowest BCUT2D eigenvalue weighted by atomic mass is 10.1. The fourth-order valence-electron chi connectivity index (χ4n) is 1.70. The molecule has 0 fully saturated rings. The quantitative estimate of drug-likeness (QED) is 0.487. The van der Waals surface area contributed by atoms with Crippen molar-refractivity contribution >= 4 is 5.91 Å². The van der Waals surface area contributed by atoms with Crippen molar-refractivity contribution in [1.82, 2.24) is 0 Å². The lowest BCUT2D eigenvalue weighted by Crippen LogP contribution is -2.18. The van der Waals surface area contributed by atoms with E-state index in [0.717, 1.165) is 25.7 Å². The predicted octanol–water partition coefficient (Wildman–Crippen LogP) is 3.91. The summed E-state index contributed by atoms with van der Waals surface area (Å²) < 4.78 is 5.10. The Morgan fingerprint density at radius 2 is 1.50 bits per heavy atom. The number of hydrogen-bond donors (Lipinski definition) is 1. The van der Waals surface area contributed by atoms with Crippen LogP contribution in [0.3, 0.4) is 0 Å². The van der Waals surface area contributed by atoms with Crippen molar-refractivity contribution < 1.29 is 9.53 Å². The second-order valence-corrected chi connectivity index (χ2v) is 5.44. The van der Waals surface area contributed by atoms with Crippen LogP contribution in [0.2, 0.25) is 0 Å². The number of carbonyl (C=O) groups is 1. The summed E-state index contributed by atoms with van der Waals surface area (Å²) in [5.74, 6) is -0.425. The van der Waals surface area contributed by atoms with Crippen molar-refractivity contribution in [3.63, 3.8) is 0 Å². The molecule has 0 unspecified atom stereocenters. The van der Waals surface area contributed by atoms with Crippen LogP contribution in [0.5, 0.6) is 0 Å². The van der Waals surface area contributed by atoms with Crippen LogP contribution in [0.25, 0.3) is 0 Å². The molecule has 0 aliphatic heterocycles. The molecule has 2 N–H and O–H groups in total. The van der Waals surface area contributed by atoms with E-state index in [2.05, 4.69) is 39.8 Å². The summed E-state index contributed by atoms with van der Waals surface area (Å²) in [6, 6.07) is 0. The van der Waals surface area contributed by atoms with Gasteiger partial charge in [-0.25, -0.2) is 0 Å². The third-order valence-corrected chi connectivity index (χ3v) is 2.92. The molecular formula is C17H29NO2. The molecule has 3 nitrogen and oxygen atoms in total. The second-order valence-electron chi connectivity index (χ2n) is 5.44.